The van der Waals surface area contributed by atoms with Crippen molar-refractivity contribution in [2.45, 2.75) is 6.10 Å². The van der Waals surface area contributed by atoms with E-state index in [0.717, 1.165) is 0 Å². The summed E-state index contributed by atoms with van der Waals surface area (Å²) in [5, 5.41) is 21.7. The molecular formula is C22H29N3O7. The Hall–Kier alpha value is -3.24. The number of anilines is 1. The van der Waals surface area contributed by atoms with Crippen molar-refractivity contribution in [2.24, 2.45) is 0 Å². The van der Waals surface area contributed by atoms with Gasteiger partial charge in [-0.1, -0.05) is 12.1 Å². The predicted molar refractivity (Wildman–Crippen MR) is 119 cm³/mol. The normalized spacial score (nSPS) is 15.2. The third-order valence-electron chi connectivity index (χ3n) is 5.34. The minimum Gasteiger partial charge on any atom is -0.493 e. The Morgan fingerprint density at radius 1 is 1.03 bits per heavy atom. The molecule has 1 aliphatic rings. The van der Waals surface area contributed by atoms with Gasteiger partial charge in [0.05, 0.1) is 26.3 Å². The molecule has 1 heterocycles. The van der Waals surface area contributed by atoms with Gasteiger partial charge in [-0.15, -0.1) is 0 Å². The number of para-hydroxylation sites is 2. The molecule has 174 valence electrons. The molecule has 1 unspecified atom stereocenters. The van der Waals surface area contributed by atoms with E-state index in [2.05, 4.69) is 4.90 Å². The van der Waals surface area contributed by atoms with Crippen molar-refractivity contribution < 1.29 is 29.0 Å². The standard InChI is InChI=1S/C22H29N3O7/c1-29-20-12-17(13-21(30-2)22(20)31-3)32-15-16(26)14-23-8-10-24(11-9-23)18-6-4-5-7-19(18)25(27)28/h4-7,12-13,16,26H,8-11,14-15H2,1-3H3. The van der Waals surface area contributed by atoms with Crippen LogP contribution in [0.4, 0.5) is 11.4 Å². The van der Waals surface area contributed by atoms with Crippen molar-refractivity contribution in [3.05, 3.63) is 46.5 Å². The van der Waals surface area contributed by atoms with E-state index in [4.69, 9.17) is 18.9 Å². The van der Waals surface area contributed by atoms with Crippen LogP contribution in [0.2, 0.25) is 0 Å². The molecule has 10 nitrogen and oxygen atoms in total. The molecule has 3 rings (SSSR count). The van der Waals surface area contributed by atoms with Crippen LogP contribution in [0.25, 0.3) is 0 Å². The second kappa shape index (κ2) is 10.9. The van der Waals surface area contributed by atoms with E-state index in [-0.39, 0.29) is 17.2 Å². The SMILES string of the molecule is COc1cc(OCC(O)CN2CCN(c3ccccc3[N+](=O)[O-])CC2)cc(OC)c1OC. The van der Waals surface area contributed by atoms with Crippen molar-refractivity contribution in [1.82, 2.24) is 4.90 Å². The number of nitro benzene ring substituents is 1. The number of aliphatic hydroxyl groups is 1. The Kier molecular flexibility index (Phi) is 7.96. The van der Waals surface area contributed by atoms with Gasteiger partial charge in [0.1, 0.15) is 24.1 Å². The third kappa shape index (κ3) is 5.51. The number of methoxy groups -OCH3 is 3. The number of aliphatic hydroxyl groups excluding tert-OH is 1. The molecule has 0 aliphatic carbocycles. The highest BCUT2D eigenvalue weighted by atomic mass is 16.6. The van der Waals surface area contributed by atoms with Gasteiger partial charge in [-0.05, 0) is 6.07 Å². The lowest BCUT2D eigenvalue weighted by Crippen LogP contribution is -2.49. The van der Waals surface area contributed by atoms with Gasteiger partial charge in [0.25, 0.3) is 5.69 Å². The first kappa shape index (κ1) is 23.4. The second-order valence-corrected chi connectivity index (χ2v) is 7.36. The monoisotopic (exact) mass is 447 g/mol. The van der Waals surface area contributed by atoms with Gasteiger partial charge >= 0.3 is 0 Å². The summed E-state index contributed by atoms with van der Waals surface area (Å²) in [4.78, 5) is 15.1. The van der Waals surface area contributed by atoms with Gasteiger partial charge in [-0.25, -0.2) is 0 Å². The highest BCUT2D eigenvalue weighted by Crippen LogP contribution is 2.40. The van der Waals surface area contributed by atoms with Crippen molar-refractivity contribution >= 4 is 11.4 Å². The molecule has 1 N–H and O–H groups in total. The summed E-state index contributed by atoms with van der Waals surface area (Å²) >= 11 is 0. The smallest absolute Gasteiger partial charge is 0.292 e. The van der Waals surface area contributed by atoms with Crippen molar-refractivity contribution in [2.75, 3.05) is 65.6 Å². The predicted octanol–water partition coefficient (Wildman–Crippen LogP) is 2.18. The maximum atomic E-state index is 11.3. The number of β-amino-alcohol motifs (C(OH)–C–C–N with tert-alkyl or cyclic N) is 1. The first-order valence-electron chi connectivity index (χ1n) is 10.3. The van der Waals surface area contributed by atoms with Gasteiger partial charge in [0, 0.05) is 50.9 Å². The lowest BCUT2D eigenvalue weighted by molar-refractivity contribution is -0.384. The Morgan fingerprint density at radius 2 is 1.66 bits per heavy atom. The van der Waals surface area contributed by atoms with Crippen LogP contribution >= 0.6 is 0 Å². The summed E-state index contributed by atoms with van der Waals surface area (Å²) < 4.78 is 21.7. The fraction of sp³-hybridized carbons (Fsp3) is 0.455. The Labute approximate surface area is 187 Å². The van der Waals surface area contributed by atoms with E-state index >= 15 is 0 Å². The lowest BCUT2D eigenvalue weighted by atomic mass is 10.2. The number of benzene rings is 2. The summed E-state index contributed by atoms with van der Waals surface area (Å²) in [6, 6.07) is 10.1. The summed E-state index contributed by atoms with van der Waals surface area (Å²) in [6.45, 7) is 3.20. The number of hydrogen-bond donors (Lipinski definition) is 1. The van der Waals surface area contributed by atoms with Crippen LogP contribution in [0.3, 0.4) is 0 Å². The second-order valence-electron chi connectivity index (χ2n) is 7.36. The van der Waals surface area contributed by atoms with Crippen molar-refractivity contribution in [3.8, 4) is 23.0 Å². The van der Waals surface area contributed by atoms with Crippen LogP contribution in [0.1, 0.15) is 0 Å². The van der Waals surface area contributed by atoms with Gasteiger partial charge in [0.2, 0.25) is 5.75 Å². The Balaban J connectivity index is 1.52. The molecule has 0 radical (unpaired) electrons. The topological polar surface area (TPSA) is 107 Å². The molecule has 2 aromatic rings. The molecule has 2 aromatic carbocycles. The van der Waals surface area contributed by atoms with Gasteiger partial charge in [-0.2, -0.15) is 0 Å². The first-order chi connectivity index (χ1) is 15.5. The molecule has 0 amide bonds. The lowest BCUT2D eigenvalue weighted by Gasteiger charge is -2.36. The molecule has 10 heteroatoms. The van der Waals surface area contributed by atoms with E-state index in [1.165, 1.54) is 27.4 Å². The maximum absolute atomic E-state index is 11.3. The van der Waals surface area contributed by atoms with E-state index in [9.17, 15) is 15.2 Å². The molecule has 1 aliphatic heterocycles. The van der Waals surface area contributed by atoms with Crippen LogP contribution in [0.5, 0.6) is 23.0 Å². The van der Waals surface area contributed by atoms with Gasteiger partial charge in [-0.3, -0.25) is 15.0 Å². The minimum atomic E-state index is -0.702. The number of piperazine rings is 1. The number of nitrogens with zero attached hydrogens (tertiary/aromatic N) is 3. The molecule has 1 atom stereocenters. The molecule has 0 bridgehead atoms. The molecule has 0 aromatic heterocycles. The zero-order chi connectivity index (χ0) is 23.1. The van der Waals surface area contributed by atoms with Crippen LogP contribution in [0.15, 0.2) is 36.4 Å². The molecule has 0 spiro atoms. The van der Waals surface area contributed by atoms with Crippen molar-refractivity contribution in [1.29, 1.82) is 0 Å². The third-order valence-corrected chi connectivity index (χ3v) is 5.34. The Morgan fingerprint density at radius 3 is 2.22 bits per heavy atom. The number of rotatable bonds is 10. The number of ether oxygens (including phenoxy) is 4. The van der Waals surface area contributed by atoms with E-state index in [1.807, 2.05) is 4.90 Å². The molecule has 1 saturated heterocycles. The zero-order valence-electron chi connectivity index (χ0n) is 18.5. The quantitative estimate of drug-likeness (QED) is 0.433. The van der Waals surface area contributed by atoms with E-state index in [1.54, 1.807) is 30.3 Å². The Bertz CT molecular complexity index is 891. The molecule has 32 heavy (non-hydrogen) atoms. The summed E-state index contributed by atoms with van der Waals surface area (Å²) in [5.74, 6) is 1.92. The van der Waals surface area contributed by atoms with E-state index < -0.39 is 6.10 Å². The number of hydrogen-bond acceptors (Lipinski definition) is 9. The average Bonchev–Trinajstić information content (AvgIpc) is 2.82. The molecule has 1 fully saturated rings. The van der Waals surface area contributed by atoms with Crippen LogP contribution in [0, 0.1) is 10.1 Å². The summed E-state index contributed by atoms with van der Waals surface area (Å²) in [7, 11) is 4.58. The van der Waals surface area contributed by atoms with Crippen LogP contribution in [-0.2, 0) is 0 Å². The van der Waals surface area contributed by atoms with Crippen molar-refractivity contribution in [3.63, 3.8) is 0 Å². The van der Waals surface area contributed by atoms with Crippen LogP contribution in [-0.4, -0.2) is 81.7 Å². The fourth-order valence-corrected chi connectivity index (χ4v) is 3.74. The van der Waals surface area contributed by atoms with Crippen LogP contribution < -0.4 is 23.8 Å². The average molecular weight is 447 g/mol. The molecule has 0 saturated carbocycles. The van der Waals surface area contributed by atoms with Gasteiger partial charge in [0.15, 0.2) is 11.5 Å². The molecular weight excluding hydrogens is 418 g/mol. The highest BCUT2D eigenvalue weighted by Gasteiger charge is 2.24. The number of nitro groups is 1. The van der Waals surface area contributed by atoms with E-state index in [0.29, 0.717) is 61.4 Å². The summed E-state index contributed by atoms with van der Waals surface area (Å²) in [5.41, 5.74) is 0.739. The zero-order valence-corrected chi connectivity index (χ0v) is 18.5. The van der Waals surface area contributed by atoms with Gasteiger partial charge < -0.3 is 29.0 Å². The fourth-order valence-electron chi connectivity index (χ4n) is 3.74. The maximum Gasteiger partial charge on any atom is 0.292 e. The summed E-state index contributed by atoms with van der Waals surface area (Å²) in [6.07, 6.45) is -0.702. The highest BCUT2D eigenvalue weighted by molar-refractivity contribution is 5.63. The minimum absolute atomic E-state index is 0.100. The first-order valence-corrected chi connectivity index (χ1v) is 10.3. The largest absolute Gasteiger partial charge is 0.493 e.